The van der Waals surface area contributed by atoms with Crippen LogP contribution in [0.2, 0.25) is 0 Å². The molecule has 0 atom stereocenters. The molecule has 0 bridgehead atoms. The Kier molecular flexibility index (Phi) is 1.54. The Morgan fingerprint density at radius 1 is 1.33 bits per heavy atom. The summed E-state index contributed by atoms with van der Waals surface area (Å²) < 4.78 is 24.8. The molecule has 2 aliphatic rings. The smallest absolute Gasteiger partial charge is 0.248 e. The van der Waals surface area contributed by atoms with Gasteiger partial charge in [0, 0.05) is 18.3 Å². The minimum atomic E-state index is -2.43. The van der Waals surface area contributed by atoms with Crippen LogP contribution >= 0.6 is 0 Å². The Labute approximate surface area is 70.1 Å². The van der Waals surface area contributed by atoms with Gasteiger partial charge in [-0.25, -0.2) is 8.78 Å². The number of halogens is 2. The third kappa shape index (κ3) is 1.37. The van der Waals surface area contributed by atoms with Crippen molar-refractivity contribution in [3.8, 4) is 0 Å². The van der Waals surface area contributed by atoms with E-state index in [-0.39, 0.29) is 24.2 Å². The van der Waals surface area contributed by atoms with Crippen LogP contribution in [-0.4, -0.2) is 12.2 Å². The Hall–Kier alpha value is -0.470. The van der Waals surface area contributed by atoms with E-state index in [2.05, 4.69) is 0 Å². The Morgan fingerprint density at radius 2 is 1.92 bits per heavy atom. The third-order valence-corrected chi connectivity index (χ3v) is 3.01. The van der Waals surface area contributed by atoms with E-state index in [1.165, 1.54) is 0 Å². The molecule has 12 heavy (non-hydrogen) atoms. The van der Waals surface area contributed by atoms with Crippen molar-refractivity contribution in [1.29, 1.82) is 0 Å². The molecule has 0 aromatic carbocycles. The summed E-state index contributed by atoms with van der Waals surface area (Å²) in [5.41, 5.74) is -0.179. The first kappa shape index (κ1) is 8.14. The van der Waals surface area contributed by atoms with Crippen LogP contribution in [0.1, 0.15) is 32.1 Å². The maximum Gasteiger partial charge on any atom is 0.248 e. The first-order valence-electron chi connectivity index (χ1n) is 4.39. The summed E-state index contributed by atoms with van der Waals surface area (Å²) in [6.45, 7) is 0. The summed E-state index contributed by atoms with van der Waals surface area (Å²) in [5, 5.41) is 0. The topological polar surface area (TPSA) is 17.1 Å². The van der Waals surface area contributed by atoms with Gasteiger partial charge >= 0.3 is 0 Å². The Morgan fingerprint density at radius 3 is 2.25 bits per heavy atom. The number of rotatable bonds is 3. The monoisotopic (exact) mass is 174 g/mol. The van der Waals surface area contributed by atoms with Gasteiger partial charge in [-0.05, 0) is 25.2 Å². The van der Waals surface area contributed by atoms with E-state index in [1.807, 2.05) is 0 Å². The average Bonchev–Trinajstić information content (AvgIpc) is 2.66. The van der Waals surface area contributed by atoms with Crippen molar-refractivity contribution in [1.82, 2.24) is 0 Å². The van der Waals surface area contributed by atoms with Gasteiger partial charge < -0.3 is 4.79 Å². The Bertz CT molecular complexity index is 201. The molecule has 3 heteroatoms. The van der Waals surface area contributed by atoms with Gasteiger partial charge in [-0.3, -0.25) is 0 Å². The molecular formula is C9H12F2O. The van der Waals surface area contributed by atoms with Crippen molar-refractivity contribution in [3.63, 3.8) is 0 Å². The first-order chi connectivity index (χ1) is 5.55. The van der Waals surface area contributed by atoms with E-state index in [4.69, 9.17) is 0 Å². The molecule has 0 saturated heterocycles. The van der Waals surface area contributed by atoms with Crippen LogP contribution in [0.5, 0.6) is 0 Å². The third-order valence-electron chi connectivity index (χ3n) is 3.01. The standard InChI is InChI=1S/C9H12F2O/c10-9(11)4-7(5-9)3-8(6-12)1-2-8/h6-7H,1-5H2. The molecule has 0 unspecified atom stereocenters. The summed E-state index contributed by atoms with van der Waals surface area (Å²) >= 11 is 0. The van der Waals surface area contributed by atoms with Crippen molar-refractivity contribution in [2.45, 2.75) is 38.0 Å². The summed E-state index contributed by atoms with van der Waals surface area (Å²) in [6, 6.07) is 0. The van der Waals surface area contributed by atoms with Crippen molar-refractivity contribution in [2.24, 2.45) is 11.3 Å². The molecule has 2 aliphatic carbocycles. The SMILES string of the molecule is O=CC1(CC2CC(F)(F)C2)CC1. The van der Waals surface area contributed by atoms with E-state index >= 15 is 0 Å². The zero-order valence-corrected chi connectivity index (χ0v) is 6.85. The number of carbonyl (C=O) groups excluding carboxylic acids is 1. The van der Waals surface area contributed by atoms with Crippen molar-refractivity contribution in [2.75, 3.05) is 0 Å². The second-order valence-electron chi connectivity index (χ2n) is 4.31. The fraction of sp³-hybridized carbons (Fsp3) is 0.889. The summed E-state index contributed by atoms with van der Waals surface area (Å²) in [5.74, 6) is -2.32. The van der Waals surface area contributed by atoms with E-state index in [1.54, 1.807) is 0 Å². The minimum Gasteiger partial charge on any atom is -0.303 e. The van der Waals surface area contributed by atoms with E-state index in [0.29, 0.717) is 6.42 Å². The highest BCUT2D eigenvalue weighted by Crippen LogP contribution is 2.55. The second kappa shape index (κ2) is 2.27. The van der Waals surface area contributed by atoms with Crippen LogP contribution in [0, 0.1) is 11.3 Å². The molecular weight excluding hydrogens is 162 g/mol. The number of hydrogen-bond donors (Lipinski definition) is 0. The largest absolute Gasteiger partial charge is 0.303 e. The Balaban J connectivity index is 1.80. The van der Waals surface area contributed by atoms with Crippen molar-refractivity contribution >= 4 is 6.29 Å². The predicted molar refractivity (Wildman–Crippen MR) is 40.0 cm³/mol. The molecule has 2 rings (SSSR count). The first-order valence-corrected chi connectivity index (χ1v) is 4.39. The molecule has 0 aromatic rings. The molecule has 0 radical (unpaired) electrons. The van der Waals surface area contributed by atoms with Crippen molar-refractivity contribution in [3.05, 3.63) is 0 Å². The highest BCUT2D eigenvalue weighted by Gasteiger charge is 2.51. The molecule has 0 aliphatic heterocycles. The normalized spacial score (nSPS) is 30.8. The van der Waals surface area contributed by atoms with E-state index in [0.717, 1.165) is 19.1 Å². The molecule has 2 saturated carbocycles. The molecule has 2 fully saturated rings. The number of aldehydes is 1. The minimum absolute atomic E-state index is 0.00257. The lowest BCUT2D eigenvalue weighted by molar-refractivity contribution is -0.125. The maximum atomic E-state index is 12.4. The molecule has 0 aromatic heterocycles. The lowest BCUT2D eigenvalue weighted by Crippen LogP contribution is -2.36. The van der Waals surface area contributed by atoms with Gasteiger partial charge in [0.2, 0.25) is 5.92 Å². The van der Waals surface area contributed by atoms with Gasteiger partial charge in [-0.2, -0.15) is 0 Å². The van der Waals surface area contributed by atoms with Crippen LogP contribution in [0.15, 0.2) is 0 Å². The number of alkyl halides is 2. The molecule has 1 nitrogen and oxygen atoms in total. The molecule has 0 N–H and O–H groups in total. The van der Waals surface area contributed by atoms with E-state index in [9.17, 15) is 13.6 Å². The second-order valence-corrected chi connectivity index (χ2v) is 4.31. The summed E-state index contributed by atoms with van der Waals surface area (Å²) in [6.07, 6.45) is 3.50. The summed E-state index contributed by atoms with van der Waals surface area (Å²) in [7, 11) is 0. The quantitative estimate of drug-likeness (QED) is 0.600. The molecule has 0 amide bonds. The molecule has 0 spiro atoms. The van der Waals surface area contributed by atoms with Gasteiger partial charge in [-0.1, -0.05) is 0 Å². The van der Waals surface area contributed by atoms with Crippen LogP contribution in [0.4, 0.5) is 8.78 Å². The summed E-state index contributed by atoms with van der Waals surface area (Å²) in [4.78, 5) is 10.5. The van der Waals surface area contributed by atoms with E-state index < -0.39 is 5.92 Å². The average molecular weight is 174 g/mol. The van der Waals surface area contributed by atoms with Crippen LogP contribution in [-0.2, 0) is 4.79 Å². The number of hydrogen-bond acceptors (Lipinski definition) is 1. The van der Waals surface area contributed by atoms with Crippen LogP contribution in [0.25, 0.3) is 0 Å². The predicted octanol–water partition coefficient (Wildman–Crippen LogP) is 2.40. The van der Waals surface area contributed by atoms with Gasteiger partial charge in [-0.15, -0.1) is 0 Å². The lowest BCUT2D eigenvalue weighted by atomic mass is 9.75. The van der Waals surface area contributed by atoms with Gasteiger partial charge in [0.1, 0.15) is 6.29 Å². The molecule has 0 heterocycles. The van der Waals surface area contributed by atoms with Crippen LogP contribution < -0.4 is 0 Å². The zero-order valence-electron chi connectivity index (χ0n) is 6.85. The zero-order chi connectivity index (χ0) is 8.82. The maximum absolute atomic E-state index is 12.4. The highest BCUT2D eigenvalue weighted by atomic mass is 19.3. The number of carbonyl (C=O) groups is 1. The fourth-order valence-corrected chi connectivity index (χ4v) is 2.03. The van der Waals surface area contributed by atoms with Gasteiger partial charge in [0.15, 0.2) is 0 Å². The fourth-order valence-electron chi connectivity index (χ4n) is 2.03. The lowest BCUT2D eigenvalue weighted by Gasteiger charge is -2.36. The van der Waals surface area contributed by atoms with Crippen LogP contribution in [0.3, 0.4) is 0 Å². The van der Waals surface area contributed by atoms with Crippen molar-refractivity contribution < 1.29 is 13.6 Å². The molecule has 68 valence electrons. The van der Waals surface area contributed by atoms with Gasteiger partial charge in [0.05, 0.1) is 0 Å². The highest BCUT2D eigenvalue weighted by molar-refractivity contribution is 5.63. The van der Waals surface area contributed by atoms with Gasteiger partial charge in [0.25, 0.3) is 0 Å².